The first kappa shape index (κ1) is 20.4. The van der Waals surface area contributed by atoms with Gasteiger partial charge in [-0.3, -0.25) is 0 Å². The van der Waals surface area contributed by atoms with Gasteiger partial charge in [-0.15, -0.1) is 5.10 Å². The standard InChI is InChI=1S/C18H13F6N5/c1-9-3-14(16-15(7-25)26-28-27-16)10(2)29(9)8-11-4-12(17(19,20)21)6-13(5-11)18(22,23)24/h3-6H,8H2,1-2H3,(H,26,27,28). The van der Waals surface area contributed by atoms with Gasteiger partial charge in [-0.25, -0.2) is 0 Å². The molecular weight excluding hydrogens is 400 g/mol. The van der Waals surface area contributed by atoms with Gasteiger partial charge in [-0.05, 0) is 43.7 Å². The Labute approximate surface area is 160 Å². The van der Waals surface area contributed by atoms with Gasteiger partial charge in [0.2, 0.25) is 0 Å². The molecule has 2 aromatic heterocycles. The molecular formula is C18H13F6N5. The van der Waals surface area contributed by atoms with Crippen molar-refractivity contribution in [3.8, 4) is 17.3 Å². The summed E-state index contributed by atoms with van der Waals surface area (Å²) in [7, 11) is 0. The van der Waals surface area contributed by atoms with E-state index in [4.69, 9.17) is 5.26 Å². The van der Waals surface area contributed by atoms with Crippen molar-refractivity contribution in [2.75, 3.05) is 0 Å². The van der Waals surface area contributed by atoms with Gasteiger partial charge in [0.05, 0.1) is 11.1 Å². The molecule has 5 nitrogen and oxygen atoms in total. The van der Waals surface area contributed by atoms with Gasteiger partial charge in [0.15, 0.2) is 5.69 Å². The molecule has 0 bridgehead atoms. The maximum atomic E-state index is 13.1. The van der Waals surface area contributed by atoms with Crippen LogP contribution in [0.5, 0.6) is 0 Å². The van der Waals surface area contributed by atoms with Crippen molar-refractivity contribution in [2.45, 2.75) is 32.7 Å². The molecule has 0 aliphatic rings. The zero-order chi connectivity index (χ0) is 21.6. The van der Waals surface area contributed by atoms with Gasteiger partial charge in [0.1, 0.15) is 11.8 Å². The first-order chi connectivity index (χ1) is 13.4. The molecule has 0 spiro atoms. The van der Waals surface area contributed by atoms with Crippen molar-refractivity contribution in [3.05, 3.63) is 58.0 Å². The summed E-state index contributed by atoms with van der Waals surface area (Å²) >= 11 is 0. The second-order valence-corrected chi connectivity index (χ2v) is 6.42. The molecule has 0 unspecified atom stereocenters. The molecule has 0 radical (unpaired) electrons. The molecule has 0 aliphatic carbocycles. The number of nitriles is 1. The highest BCUT2D eigenvalue weighted by atomic mass is 19.4. The lowest BCUT2D eigenvalue weighted by molar-refractivity contribution is -0.143. The third kappa shape index (κ3) is 3.96. The van der Waals surface area contributed by atoms with E-state index in [0.29, 0.717) is 29.1 Å². The van der Waals surface area contributed by atoms with Crippen molar-refractivity contribution < 1.29 is 26.3 Å². The van der Waals surface area contributed by atoms with Crippen LogP contribution >= 0.6 is 0 Å². The minimum absolute atomic E-state index is 0.0312. The second kappa shape index (κ2) is 6.95. The topological polar surface area (TPSA) is 70.3 Å². The predicted octanol–water partition coefficient (Wildman–Crippen LogP) is 4.85. The summed E-state index contributed by atoms with van der Waals surface area (Å²) in [4.78, 5) is 0. The second-order valence-electron chi connectivity index (χ2n) is 6.42. The molecule has 0 saturated heterocycles. The Morgan fingerprint density at radius 2 is 1.55 bits per heavy atom. The first-order valence-electron chi connectivity index (χ1n) is 8.18. The van der Waals surface area contributed by atoms with Crippen molar-refractivity contribution in [1.29, 1.82) is 5.26 Å². The fraction of sp³-hybridized carbons (Fsp3) is 0.278. The van der Waals surface area contributed by atoms with E-state index >= 15 is 0 Å². The molecule has 0 aliphatic heterocycles. The summed E-state index contributed by atoms with van der Waals surface area (Å²) in [6, 6.07) is 5.00. The molecule has 11 heteroatoms. The Balaban J connectivity index is 2.08. The van der Waals surface area contributed by atoms with Gasteiger partial charge in [0.25, 0.3) is 0 Å². The average molecular weight is 413 g/mol. The van der Waals surface area contributed by atoms with Crippen molar-refractivity contribution in [1.82, 2.24) is 20.0 Å². The van der Waals surface area contributed by atoms with E-state index in [9.17, 15) is 26.3 Å². The minimum atomic E-state index is -4.91. The van der Waals surface area contributed by atoms with Crippen LogP contribution in [-0.2, 0) is 18.9 Å². The average Bonchev–Trinajstić information content (AvgIpc) is 3.19. The molecule has 1 aromatic carbocycles. The number of halogens is 6. The van der Waals surface area contributed by atoms with E-state index in [0.717, 1.165) is 0 Å². The normalized spacial score (nSPS) is 12.2. The Morgan fingerprint density at radius 1 is 0.966 bits per heavy atom. The van der Waals surface area contributed by atoms with Crippen LogP contribution < -0.4 is 0 Å². The van der Waals surface area contributed by atoms with E-state index < -0.39 is 23.5 Å². The number of hydrogen-bond donors (Lipinski definition) is 1. The lowest BCUT2D eigenvalue weighted by Gasteiger charge is -2.16. The fourth-order valence-electron chi connectivity index (χ4n) is 3.07. The molecule has 3 rings (SSSR count). The molecule has 0 amide bonds. The van der Waals surface area contributed by atoms with Crippen molar-refractivity contribution in [2.24, 2.45) is 0 Å². The number of aryl methyl sites for hydroxylation is 1. The highest BCUT2D eigenvalue weighted by Crippen LogP contribution is 2.37. The van der Waals surface area contributed by atoms with Crippen LogP contribution in [0.1, 0.15) is 33.8 Å². The van der Waals surface area contributed by atoms with Crippen LogP contribution in [-0.4, -0.2) is 20.0 Å². The number of alkyl halides is 6. The maximum absolute atomic E-state index is 13.1. The highest BCUT2D eigenvalue weighted by Gasteiger charge is 2.37. The summed E-state index contributed by atoms with van der Waals surface area (Å²) < 4.78 is 80.1. The SMILES string of the molecule is Cc1cc(-c2n[nH]nc2C#N)c(C)n1Cc1cc(C(F)(F)F)cc(C(F)(F)F)c1. The zero-order valence-electron chi connectivity index (χ0n) is 15.1. The summed E-state index contributed by atoms with van der Waals surface area (Å²) in [6.07, 6.45) is -9.82. The molecule has 0 saturated carbocycles. The van der Waals surface area contributed by atoms with Crippen molar-refractivity contribution >= 4 is 0 Å². The largest absolute Gasteiger partial charge is 0.416 e. The molecule has 1 N–H and O–H groups in total. The lowest BCUT2D eigenvalue weighted by atomic mass is 10.0. The Hall–Kier alpha value is -3.29. The number of H-pyrrole nitrogens is 1. The summed E-state index contributed by atoms with van der Waals surface area (Å²) in [5.74, 6) is 0. The summed E-state index contributed by atoms with van der Waals surface area (Å²) in [6.45, 7) is 3.07. The van der Waals surface area contributed by atoms with E-state index in [2.05, 4.69) is 15.4 Å². The molecule has 3 aromatic rings. The monoisotopic (exact) mass is 413 g/mol. The Morgan fingerprint density at radius 3 is 2.07 bits per heavy atom. The minimum Gasteiger partial charge on any atom is -0.344 e. The molecule has 29 heavy (non-hydrogen) atoms. The first-order valence-corrected chi connectivity index (χ1v) is 8.18. The van der Waals surface area contributed by atoms with E-state index in [1.807, 2.05) is 6.07 Å². The van der Waals surface area contributed by atoms with E-state index in [-0.39, 0.29) is 29.6 Å². The fourth-order valence-corrected chi connectivity index (χ4v) is 3.07. The Kier molecular flexibility index (Phi) is 4.90. The van der Waals surface area contributed by atoms with Crippen LogP contribution in [0.2, 0.25) is 0 Å². The van der Waals surface area contributed by atoms with Gasteiger partial charge in [-0.1, -0.05) is 0 Å². The number of rotatable bonds is 3. The van der Waals surface area contributed by atoms with Gasteiger partial charge < -0.3 is 4.57 Å². The maximum Gasteiger partial charge on any atom is 0.416 e. The number of aromatic nitrogens is 4. The number of nitrogens with one attached hydrogen (secondary N) is 1. The number of hydrogen-bond acceptors (Lipinski definition) is 3. The van der Waals surface area contributed by atoms with Gasteiger partial charge in [0, 0.05) is 23.5 Å². The third-order valence-electron chi connectivity index (χ3n) is 4.47. The summed E-state index contributed by atoms with van der Waals surface area (Å²) in [5.41, 5.74) is -0.983. The summed E-state index contributed by atoms with van der Waals surface area (Å²) in [5, 5.41) is 19.0. The number of aromatic amines is 1. The van der Waals surface area contributed by atoms with E-state index in [1.165, 1.54) is 0 Å². The van der Waals surface area contributed by atoms with Crippen LogP contribution in [0.25, 0.3) is 11.3 Å². The van der Waals surface area contributed by atoms with Crippen LogP contribution in [0.4, 0.5) is 26.3 Å². The quantitative estimate of drug-likeness (QED) is 0.625. The van der Waals surface area contributed by atoms with Crippen LogP contribution in [0.3, 0.4) is 0 Å². The van der Waals surface area contributed by atoms with Crippen LogP contribution in [0, 0.1) is 25.2 Å². The van der Waals surface area contributed by atoms with Gasteiger partial charge in [-0.2, -0.15) is 41.9 Å². The zero-order valence-corrected chi connectivity index (χ0v) is 15.1. The smallest absolute Gasteiger partial charge is 0.344 e. The van der Waals surface area contributed by atoms with E-state index in [1.54, 1.807) is 24.5 Å². The Bertz CT molecular complexity index is 1070. The predicted molar refractivity (Wildman–Crippen MR) is 89.5 cm³/mol. The molecule has 2 heterocycles. The molecule has 0 atom stereocenters. The molecule has 0 fully saturated rings. The number of nitrogens with zero attached hydrogens (tertiary/aromatic N) is 4. The number of benzene rings is 1. The third-order valence-corrected chi connectivity index (χ3v) is 4.47. The highest BCUT2D eigenvalue weighted by molar-refractivity contribution is 5.67. The van der Waals surface area contributed by atoms with Gasteiger partial charge >= 0.3 is 12.4 Å². The molecule has 152 valence electrons. The van der Waals surface area contributed by atoms with Crippen LogP contribution in [0.15, 0.2) is 24.3 Å². The van der Waals surface area contributed by atoms with Crippen molar-refractivity contribution in [3.63, 3.8) is 0 Å². The lowest BCUT2D eigenvalue weighted by Crippen LogP contribution is -2.13.